The first-order valence-electron chi connectivity index (χ1n) is 6.57. The minimum atomic E-state index is 1.39. The van der Waals surface area contributed by atoms with E-state index in [1.54, 1.807) is 0 Å². The van der Waals surface area contributed by atoms with Crippen LogP contribution in [0.25, 0.3) is 28.9 Å². The first kappa shape index (κ1) is 15.3. The fourth-order valence-electron chi connectivity index (χ4n) is 2.34. The highest BCUT2D eigenvalue weighted by Gasteiger charge is 2.15. The van der Waals surface area contributed by atoms with E-state index in [2.05, 4.69) is 47.5 Å². The zero-order chi connectivity index (χ0) is 15.1. The molecule has 0 saturated heterocycles. The molecule has 22 heavy (non-hydrogen) atoms. The van der Waals surface area contributed by atoms with Crippen molar-refractivity contribution >= 4 is 78.3 Å². The Balaban J connectivity index is 1.77. The lowest BCUT2D eigenvalue weighted by Gasteiger charge is -1.97. The van der Waals surface area contributed by atoms with Crippen LogP contribution in [0.1, 0.15) is 0 Å². The van der Waals surface area contributed by atoms with Gasteiger partial charge in [-0.1, -0.05) is 0 Å². The molecule has 4 heterocycles. The van der Waals surface area contributed by atoms with Gasteiger partial charge in [0, 0.05) is 24.9 Å². The maximum absolute atomic E-state index is 2.36. The molecule has 0 fully saturated rings. The minimum Gasteiger partial charge on any atom is -0.142 e. The molecule has 0 N–H and O–H groups in total. The van der Waals surface area contributed by atoms with Crippen molar-refractivity contribution in [2.45, 2.75) is 9.79 Å². The molecule has 112 valence electrons. The quantitative estimate of drug-likeness (QED) is 0.322. The number of hydrogen-bond donors (Lipinski definition) is 0. The molecule has 0 saturated carbocycles. The Kier molecular flexibility index (Phi) is 4.41. The van der Waals surface area contributed by atoms with E-state index in [1.807, 2.05) is 68.9 Å². The van der Waals surface area contributed by atoms with Gasteiger partial charge in [0.1, 0.15) is 0 Å². The van der Waals surface area contributed by atoms with Crippen LogP contribution < -0.4 is 0 Å². The van der Waals surface area contributed by atoms with E-state index in [-0.39, 0.29) is 0 Å². The summed E-state index contributed by atoms with van der Waals surface area (Å²) in [6, 6.07) is 9.16. The minimum absolute atomic E-state index is 1.39. The summed E-state index contributed by atoms with van der Waals surface area (Å²) in [6.45, 7) is 0. The van der Waals surface area contributed by atoms with Crippen LogP contribution in [0.3, 0.4) is 0 Å². The van der Waals surface area contributed by atoms with Gasteiger partial charge in [0.05, 0.1) is 13.8 Å². The van der Waals surface area contributed by atoms with Gasteiger partial charge in [-0.15, -0.1) is 68.9 Å². The maximum Gasteiger partial charge on any atom is 0.0878 e. The Morgan fingerprint density at radius 2 is 1.27 bits per heavy atom. The highest BCUT2D eigenvalue weighted by Crippen LogP contribution is 2.47. The normalized spacial score (nSPS) is 11.5. The lowest BCUT2D eigenvalue weighted by atomic mass is 10.3. The van der Waals surface area contributed by atoms with E-state index in [0.717, 1.165) is 0 Å². The number of rotatable bonds is 4. The van der Waals surface area contributed by atoms with Crippen LogP contribution in [0.15, 0.2) is 44.8 Å². The van der Waals surface area contributed by atoms with Gasteiger partial charge in [0.25, 0.3) is 0 Å². The second-order valence-electron chi connectivity index (χ2n) is 4.60. The Bertz CT molecular complexity index is 816. The van der Waals surface area contributed by atoms with Crippen LogP contribution in [0, 0.1) is 0 Å². The van der Waals surface area contributed by atoms with E-state index in [0.29, 0.717) is 0 Å². The standard InChI is InChI=1S/C16H12S6/c1-17-10-3-5-19-14(10)12-7-9-8-13(22-16(9)21-12)15-11(18-2)4-6-20-15/h3-8H,1-2H3. The molecule has 6 heteroatoms. The second kappa shape index (κ2) is 6.34. The van der Waals surface area contributed by atoms with Crippen LogP contribution >= 0.6 is 68.9 Å². The first-order chi connectivity index (χ1) is 10.8. The third kappa shape index (κ3) is 2.60. The van der Waals surface area contributed by atoms with Crippen molar-refractivity contribution in [3.05, 3.63) is 35.0 Å². The van der Waals surface area contributed by atoms with Crippen molar-refractivity contribution in [1.82, 2.24) is 0 Å². The van der Waals surface area contributed by atoms with Crippen molar-refractivity contribution in [3.63, 3.8) is 0 Å². The number of thiophene rings is 4. The van der Waals surface area contributed by atoms with E-state index in [1.165, 1.54) is 38.7 Å². The average Bonchev–Trinajstić information content (AvgIpc) is 3.26. The fraction of sp³-hybridized carbons (Fsp3) is 0.125. The fourth-order valence-corrected chi connectivity index (χ4v) is 8.72. The molecule has 4 aromatic rings. The topological polar surface area (TPSA) is 0 Å². The van der Waals surface area contributed by atoms with Gasteiger partial charge < -0.3 is 0 Å². The number of fused-ring (bicyclic) bond motifs is 1. The molecule has 0 aromatic carbocycles. The van der Waals surface area contributed by atoms with Crippen LogP contribution in [0.2, 0.25) is 0 Å². The Morgan fingerprint density at radius 3 is 1.68 bits per heavy atom. The van der Waals surface area contributed by atoms with Crippen LogP contribution in [0.4, 0.5) is 0 Å². The highest BCUT2D eigenvalue weighted by atomic mass is 32.2. The lowest BCUT2D eigenvalue weighted by molar-refractivity contribution is 1.60. The molecular weight excluding hydrogens is 385 g/mol. The van der Waals surface area contributed by atoms with Crippen molar-refractivity contribution in [2.24, 2.45) is 0 Å². The molecule has 4 rings (SSSR count). The van der Waals surface area contributed by atoms with Crippen molar-refractivity contribution < 1.29 is 0 Å². The zero-order valence-electron chi connectivity index (χ0n) is 11.9. The van der Waals surface area contributed by atoms with Gasteiger partial charge in [-0.3, -0.25) is 0 Å². The third-order valence-corrected chi connectivity index (χ3v) is 9.76. The summed E-state index contributed by atoms with van der Waals surface area (Å²) in [5.74, 6) is 0. The molecule has 0 aliphatic carbocycles. The third-order valence-electron chi connectivity index (χ3n) is 3.36. The molecule has 0 unspecified atom stereocenters. The molecular formula is C16H12S6. The van der Waals surface area contributed by atoms with E-state index >= 15 is 0 Å². The SMILES string of the molecule is CSc1ccsc1-c1cc2cc(-c3sccc3SC)sc2s1. The van der Waals surface area contributed by atoms with Gasteiger partial charge >= 0.3 is 0 Å². The van der Waals surface area contributed by atoms with E-state index in [4.69, 9.17) is 0 Å². The number of hydrogen-bond acceptors (Lipinski definition) is 6. The summed E-state index contributed by atoms with van der Waals surface area (Å²) in [4.78, 5) is 8.43. The summed E-state index contributed by atoms with van der Waals surface area (Å²) in [6.07, 6.45) is 4.31. The molecule has 0 aliphatic rings. The molecule has 0 spiro atoms. The zero-order valence-corrected chi connectivity index (χ0v) is 16.8. The summed E-state index contributed by atoms with van der Waals surface area (Å²) in [5.41, 5.74) is 0. The molecule has 4 aromatic heterocycles. The van der Waals surface area contributed by atoms with Gasteiger partial charge in [0.2, 0.25) is 0 Å². The van der Waals surface area contributed by atoms with Crippen LogP contribution in [-0.4, -0.2) is 12.5 Å². The number of thioether (sulfide) groups is 2. The predicted octanol–water partition coefficient (Wildman–Crippen LogP) is 7.86. The smallest absolute Gasteiger partial charge is 0.0878 e. The summed E-state index contributed by atoms with van der Waals surface area (Å²) in [5, 5.41) is 5.77. The predicted molar refractivity (Wildman–Crippen MR) is 110 cm³/mol. The van der Waals surface area contributed by atoms with Gasteiger partial charge in [-0.05, 0) is 47.5 Å². The van der Waals surface area contributed by atoms with Gasteiger partial charge in [-0.25, -0.2) is 0 Å². The van der Waals surface area contributed by atoms with Crippen LogP contribution in [0.5, 0.6) is 0 Å². The van der Waals surface area contributed by atoms with Crippen molar-refractivity contribution in [3.8, 4) is 19.5 Å². The van der Waals surface area contributed by atoms with E-state index in [9.17, 15) is 0 Å². The molecule has 0 radical (unpaired) electrons. The second-order valence-corrected chi connectivity index (χ2v) is 10.5. The molecule has 0 atom stereocenters. The summed E-state index contributed by atoms with van der Waals surface area (Å²) >= 11 is 11.2. The van der Waals surface area contributed by atoms with Crippen LogP contribution in [-0.2, 0) is 0 Å². The Labute approximate surface area is 154 Å². The Hall–Kier alpha value is -0.240. The van der Waals surface area contributed by atoms with Gasteiger partial charge in [0.15, 0.2) is 0 Å². The lowest BCUT2D eigenvalue weighted by Crippen LogP contribution is -1.68. The largest absolute Gasteiger partial charge is 0.142 e. The summed E-state index contributed by atoms with van der Waals surface area (Å²) in [7, 11) is 0. The summed E-state index contributed by atoms with van der Waals surface area (Å²) < 4.78 is 1.44. The molecule has 0 aliphatic heterocycles. The molecule has 0 nitrogen and oxygen atoms in total. The maximum atomic E-state index is 2.36. The Morgan fingerprint density at radius 1 is 0.773 bits per heavy atom. The van der Waals surface area contributed by atoms with Crippen molar-refractivity contribution in [1.29, 1.82) is 0 Å². The monoisotopic (exact) mass is 396 g/mol. The average molecular weight is 397 g/mol. The van der Waals surface area contributed by atoms with E-state index < -0.39 is 0 Å². The van der Waals surface area contributed by atoms with Crippen molar-refractivity contribution in [2.75, 3.05) is 12.5 Å². The molecule has 0 bridgehead atoms. The molecule has 0 amide bonds. The van der Waals surface area contributed by atoms with Gasteiger partial charge in [-0.2, -0.15) is 0 Å². The first-order valence-corrected chi connectivity index (χ1v) is 12.4. The highest BCUT2D eigenvalue weighted by molar-refractivity contribution is 7.99.